The van der Waals surface area contributed by atoms with E-state index in [1.165, 1.54) is 5.56 Å². The Morgan fingerprint density at radius 1 is 1.28 bits per heavy atom. The first-order chi connectivity index (χ1) is 8.34. The number of hydrogen-bond donors (Lipinski definition) is 2. The number of aliphatic hydroxyl groups excluding tert-OH is 1. The predicted octanol–water partition coefficient (Wildman–Crippen LogP) is 1.22. The van der Waals surface area contributed by atoms with Gasteiger partial charge in [0, 0.05) is 0 Å². The Morgan fingerprint density at radius 3 is 2.61 bits per heavy atom. The van der Waals surface area contributed by atoms with Gasteiger partial charge in [-0.3, -0.25) is 0 Å². The summed E-state index contributed by atoms with van der Waals surface area (Å²) in [6.45, 7) is 3.06. The molecule has 0 saturated heterocycles. The molecule has 18 heavy (non-hydrogen) atoms. The van der Waals surface area contributed by atoms with Crippen LogP contribution in [-0.4, -0.2) is 25.7 Å². The van der Waals surface area contributed by atoms with Gasteiger partial charge in [0.1, 0.15) is 0 Å². The third kappa shape index (κ3) is 2.74. The van der Waals surface area contributed by atoms with Crippen molar-refractivity contribution < 1.29 is 13.5 Å². The number of aliphatic hydroxyl groups is 1. The number of fused-ring (bicyclic) bond motifs is 1. The molecule has 0 heterocycles. The summed E-state index contributed by atoms with van der Waals surface area (Å²) in [7, 11) is -3.56. The maximum atomic E-state index is 12.2. The van der Waals surface area contributed by atoms with Gasteiger partial charge in [0.15, 0.2) is 0 Å². The number of hydrogen-bond acceptors (Lipinski definition) is 3. The number of benzene rings is 1. The molecule has 1 aliphatic rings. The molecule has 2 rings (SSSR count). The Bertz CT molecular complexity index is 549. The monoisotopic (exact) mass is 269 g/mol. The highest BCUT2D eigenvalue weighted by Crippen LogP contribution is 2.25. The Kier molecular flexibility index (Phi) is 3.49. The standard InChI is InChI=1S/C13H19NO3S/c1-13(2,9-15)14-18(16,17)12-7-6-10-4-3-5-11(10)8-12/h6-8,14-15H,3-5,9H2,1-2H3. The van der Waals surface area contributed by atoms with Gasteiger partial charge in [-0.15, -0.1) is 0 Å². The van der Waals surface area contributed by atoms with Crippen molar-refractivity contribution in [3.05, 3.63) is 29.3 Å². The highest BCUT2D eigenvalue weighted by Gasteiger charge is 2.26. The average molecular weight is 269 g/mol. The van der Waals surface area contributed by atoms with Crippen LogP contribution in [0.3, 0.4) is 0 Å². The van der Waals surface area contributed by atoms with E-state index in [2.05, 4.69) is 4.72 Å². The minimum atomic E-state index is -3.56. The van der Waals surface area contributed by atoms with E-state index in [4.69, 9.17) is 5.11 Å². The summed E-state index contributed by atoms with van der Waals surface area (Å²) >= 11 is 0. The van der Waals surface area contributed by atoms with Crippen molar-refractivity contribution in [2.45, 2.75) is 43.5 Å². The van der Waals surface area contributed by atoms with Crippen LogP contribution in [0, 0.1) is 0 Å². The van der Waals surface area contributed by atoms with E-state index in [9.17, 15) is 8.42 Å². The number of aryl methyl sites for hydroxylation is 2. The topological polar surface area (TPSA) is 66.4 Å². The number of nitrogens with one attached hydrogen (secondary N) is 1. The Labute approximate surface area is 108 Å². The molecule has 0 saturated carbocycles. The van der Waals surface area contributed by atoms with E-state index < -0.39 is 15.6 Å². The van der Waals surface area contributed by atoms with Gasteiger partial charge < -0.3 is 5.11 Å². The molecule has 0 radical (unpaired) electrons. The molecule has 0 bridgehead atoms. The van der Waals surface area contributed by atoms with Gasteiger partial charge in [0.25, 0.3) is 0 Å². The molecule has 1 aliphatic carbocycles. The summed E-state index contributed by atoms with van der Waals surface area (Å²) in [4.78, 5) is 0.282. The third-order valence-electron chi connectivity index (χ3n) is 3.19. The largest absolute Gasteiger partial charge is 0.394 e. The van der Waals surface area contributed by atoms with Gasteiger partial charge in [0.05, 0.1) is 17.0 Å². The summed E-state index contributed by atoms with van der Waals surface area (Å²) in [5, 5.41) is 9.13. The fourth-order valence-corrected chi connectivity index (χ4v) is 3.62. The third-order valence-corrected chi connectivity index (χ3v) is 4.88. The van der Waals surface area contributed by atoms with Crippen LogP contribution in [0.2, 0.25) is 0 Å². The molecule has 100 valence electrons. The van der Waals surface area contributed by atoms with Crippen molar-refractivity contribution in [1.82, 2.24) is 4.72 Å². The van der Waals surface area contributed by atoms with Crippen molar-refractivity contribution in [3.63, 3.8) is 0 Å². The zero-order chi connectivity index (χ0) is 13.4. The van der Waals surface area contributed by atoms with Gasteiger partial charge in [-0.25, -0.2) is 13.1 Å². The molecule has 4 nitrogen and oxygen atoms in total. The van der Waals surface area contributed by atoms with Crippen LogP contribution in [0.4, 0.5) is 0 Å². The summed E-state index contributed by atoms with van der Waals surface area (Å²) in [6.07, 6.45) is 3.07. The maximum Gasteiger partial charge on any atom is 0.241 e. The van der Waals surface area contributed by atoms with E-state index >= 15 is 0 Å². The average Bonchev–Trinajstić information content (AvgIpc) is 2.74. The van der Waals surface area contributed by atoms with Crippen molar-refractivity contribution in [2.75, 3.05) is 6.61 Å². The molecule has 0 unspecified atom stereocenters. The SMILES string of the molecule is CC(C)(CO)NS(=O)(=O)c1ccc2c(c1)CCC2. The number of sulfonamides is 1. The van der Waals surface area contributed by atoms with E-state index in [1.807, 2.05) is 6.07 Å². The van der Waals surface area contributed by atoms with Crippen LogP contribution in [0.5, 0.6) is 0 Å². The second-order valence-electron chi connectivity index (χ2n) is 5.43. The molecule has 1 aromatic carbocycles. The van der Waals surface area contributed by atoms with Gasteiger partial charge in [0.2, 0.25) is 10.0 Å². The molecule has 5 heteroatoms. The van der Waals surface area contributed by atoms with Gasteiger partial charge in [-0.2, -0.15) is 0 Å². The molecular weight excluding hydrogens is 250 g/mol. The molecule has 0 aliphatic heterocycles. The Balaban J connectivity index is 2.31. The first kappa shape index (κ1) is 13.5. The lowest BCUT2D eigenvalue weighted by Gasteiger charge is -2.23. The number of rotatable bonds is 4. The van der Waals surface area contributed by atoms with Crippen molar-refractivity contribution >= 4 is 10.0 Å². The van der Waals surface area contributed by atoms with Crippen LogP contribution < -0.4 is 4.72 Å². The summed E-state index contributed by atoms with van der Waals surface area (Å²) in [5.74, 6) is 0. The lowest BCUT2D eigenvalue weighted by atomic mass is 10.1. The summed E-state index contributed by atoms with van der Waals surface area (Å²) in [6, 6.07) is 5.28. The molecule has 1 aromatic rings. The summed E-state index contributed by atoms with van der Waals surface area (Å²) in [5.41, 5.74) is 1.52. The van der Waals surface area contributed by atoms with Crippen molar-refractivity contribution in [1.29, 1.82) is 0 Å². The highest BCUT2D eigenvalue weighted by atomic mass is 32.2. The zero-order valence-corrected chi connectivity index (χ0v) is 11.5. The van der Waals surface area contributed by atoms with Gasteiger partial charge in [-0.05, 0) is 56.4 Å². The molecule has 0 spiro atoms. The fourth-order valence-electron chi connectivity index (χ4n) is 2.17. The normalized spacial score (nSPS) is 15.7. The van der Waals surface area contributed by atoms with Crippen LogP contribution in [-0.2, 0) is 22.9 Å². The van der Waals surface area contributed by atoms with Crippen LogP contribution >= 0.6 is 0 Å². The molecule has 0 amide bonds. The Hall–Kier alpha value is -0.910. The van der Waals surface area contributed by atoms with E-state index in [1.54, 1.807) is 26.0 Å². The first-order valence-electron chi connectivity index (χ1n) is 6.11. The van der Waals surface area contributed by atoms with E-state index in [-0.39, 0.29) is 11.5 Å². The van der Waals surface area contributed by atoms with Gasteiger partial charge in [-0.1, -0.05) is 6.07 Å². The Morgan fingerprint density at radius 2 is 1.94 bits per heavy atom. The van der Waals surface area contributed by atoms with E-state index in [0.717, 1.165) is 24.8 Å². The molecule has 2 N–H and O–H groups in total. The zero-order valence-electron chi connectivity index (χ0n) is 10.7. The van der Waals surface area contributed by atoms with Crippen LogP contribution in [0.1, 0.15) is 31.4 Å². The second kappa shape index (κ2) is 4.64. The fraction of sp³-hybridized carbons (Fsp3) is 0.538. The second-order valence-corrected chi connectivity index (χ2v) is 7.11. The molecule has 0 aromatic heterocycles. The quantitative estimate of drug-likeness (QED) is 0.864. The van der Waals surface area contributed by atoms with Gasteiger partial charge >= 0.3 is 0 Å². The summed E-state index contributed by atoms with van der Waals surface area (Å²) < 4.78 is 26.9. The van der Waals surface area contributed by atoms with Crippen LogP contribution in [0.15, 0.2) is 23.1 Å². The smallest absolute Gasteiger partial charge is 0.241 e. The van der Waals surface area contributed by atoms with E-state index in [0.29, 0.717) is 0 Å². The highest BCUT2D eigenvalue weighted by molar-refractivity contribution is 7.89. The lowest BCUT2D eigenvalue weighted by molar-refractivity contribution is 0.208. The predicted molar refractivity (Wildman–Crippen MR) is 70.0 cm³/mol. The molecule has 0 atom stereocenters. The first-order valence-corrected chi connectivity index (χ1v) is 7.59. The molecular formula is C13H19NO3S. The van der Waals surface area contributed by atoms with Crippen molar-refractivity contribution in [2.24, 2.45) is 0 Å². The minimum absolute atomic E-state index is 0.239. The maximum absolute atomic E-state index is 12.2. The van der Waals surface area contributed by atoms with Crippen LogP contribution in [0.25, 0.3) is 0 Å². The molecule has 0 fully saturated rings. The van der Waals surface area contributed by atoms with Crippen molar-refractivity contribution in [3.8, 4) is 0 Å². The lowest BCUT2D eigenvalue weighted by Crippen LogP contribution is -2.46. The minimum Gasteiger partial charge on any atom is -0.394 e.